The molecule has 3 N–H and O–H groups in total. The van der Waals surface area contributed by atoms with E-state index in [0.717, 1.165) is 18.1 Å². The van der Waals surface area contributed by atoms with E-state index >= 15 is 0 Å². The number of halogens is 2. The van der Waals surface area contributed by atoms with Gasteiger partial charge in [0.2, 0.25) is 5.91 Å². The number of ether oxygens (including phenoxy) is 2. The van der Waals surface area contributed by atoms with E-state index in [1.807, 2.05) is 11.8 Å². The summed E-state index contributed by atoms with van der Waals surface area (Å²) in [4.78, 5) is 12.0. The van der Waals surface area contributed by atoms with Crippen LogP contribution >= 0.6 is 35.8 Å². The summed E-state index contributed by atoms with van der Waals surface area (Å²) in [7, 11) is 0. The lowest BCUT2D eigenvalue weighted by Gasteiger charge is -2.23. The van der Waals surface area contributed by atoms with Crippen molar-refractivity contribution in [1.82, 2.24) is 10.6 Å². The maximum Gasteiger partial charge on any atom is 0.221 e. The fourth-order valence-corrected chi connectivity index (χ4v) is 3.92. The van der Waals surface area contributed by atoms with Crippen LogP contribution in [0.3, 0.4) is 0 Å². The second-order valence-electron chi connectivity index (χ2n) is 5.78. The molecule has 1 aromatic carbocycles. The highest BCUT2D eigenvalue weighted by atomic mass is 35.5. The Hall–Kier alpha value is -0.860. The first-order valence-corrected chi connectivity index (χ1v) is 9.51. The van der Waals surface area contributed by atoms with Crippen LogP contribution in [0.1, 0.15) is 18.1 Å². The topological polar surface area (TPSA) is 79.8 Å². The van der Waals surface area contributed by atoms with Crippen molar-refractivity contribution in [3.8, 4) is 11.5 Å². The molecule has 0 spiro atoms. The van der Waals surface area contributed by atoms with Crippen LogP contribution in [0.5, 0.6) is 11.5 Å². The third kappa shape index (κ3) is 5.56. The minimum atomic E-state index is -0.851. The molecule has 9 heteroatoms. The second kappa shape index (κ2) is 9.73. The molecule has 1 fully saturated rings. The van der Waals surface area contributed by atoms with Crippen molar-refractivity contribution >= 4 is 41.7 Å². The molecule has 3 rings (SSSR count). The molecule has 6 nitrogen and oxygen atoms in total. The van der Waals surface area contributed by atoms with Gasteiger partial charge in [-0.2, -0.15) is 11.8 Å². The molecule has 0 aromatic heterocycles. The maximum atomic E-state index is 12.0. The number of carbonyl (C=O) groups excluding carboxylic acids is 1. The number of hydrogen-bond donors (Lipinski definition) is 3. The summed E-state index contributed by atoms with van der Waals surface area (Å²) >= 11 is 8.02. The lowest BCUT2D eigenvalue weighted by atomic mass is 10.1. The summed E-state index contributed by atoms with van der Waals surface area (Å²) in [6.07, 6.45) is -0.433. The minimum Gasteiger partial charge on any atom is -0.486 e. The number of nitrogens with one attached hydrogen (secondary N) is 2. The van der Waals surface area contributed by atoms with Gasteiger partial charge in [0.15, 0.2) is 11.5 Å². The van der Waals surface area contributed by atoms with Crippen LogP contribution in [0.2, 0.25) is 5.02 Å². The first-order valence-electron chi connectivity index (χ1n) is 7.98. The van der Waals surface area contributed by atoms with Crippen LogP contribution in [-0.4, -0.2) is 54.9 Å². The third-order valence-electron chi connectivity index (χ3n) is 3.93. The van der Waals surface area contributed by atoms with E-state index in [9.17, 15) is 9.90 Å². The lowest BCUT2D eigenvalue weighted by Crippen LogP contribution is -2.41. The molecule has 1 saturated heterocycles. The molecule has 2 aliphatic heterocycles. The molecule has 25 heavy (non-hydrogen) atoms. The van der Waals surface area contributed by atoms with Crippen LogP contribution in [-0.2, 0) is 4.79 Å². The molecule has 2 heterocycles. The molecule has 2 unspecified atom stereocenters. The van der Waals surface area contributed by atoms with E-state index in [0.29, 0.717) is 41.7 Å². The van der Waals surface area contributed by atoms with Gasteiger partial charge in [0, 0.05) is 37.1 Å². The third-order valence-corrected chi connectivity index (χ3v) is 5.34. The highest BCUT2D eigenvalue weighted by Crippen LogP contribution is 2.39. The predicted octanol–water partition coefficient (Wildman–Crippen LogP) is 1.78. The van der Waals surface area contributed by atoms with E-state index in [2.05, 4.69) is 10.6 Å². The molecular weight excluding hydrogens is 387 g/mol. The number of carbonyl (C=O) groups is 1. The molecule has 0 radical (unpaired) electrons. The molecule has 1 amide bonds. The Labute approximate surface area is 162 Å². The predicted molar refractivity (Wildman–Crippen MR) is 101 cm³/mol. The molecule has 0 saturated carbocycles. The van der Waals surface area contributed by atoms with Gasteiger partial charge >= 0.3 is 0 Å². The van der Waals surface area contributed by atoms with Gasteiger partial charge in [-0.25, -0.2) is 0 Å². The number of thioether (sulfide) groups is 1. The molecule has 0 bridgehead atoms. The Bertz CT molecular complexity index is 600. The van der Waals surface area contributed by atoms with Crippen LogP contribution < -0.4 is 20.1 Å². The van der Waals surface area contributed by atoms with Crippen molar-refractivity contribution < 1.29 is 19.4 Å². The highest BCUT2D eigenvalue weighted by molar-refractivity contribution is 7.99. The second-order valence-corrected chi connectivity index (χ2v) is 7.33. The summed E-state index contributed by atoms with van der Waals surface area (Å²) in [6, 6.07) is 3.55. The summed E-state index contributed by atoms with van der Waals surface area (Å²) in [5, 5.41) is 16.8. The highest BCUT2D eigenvalue weighted by Gasteiger charge is 2.21. The van der Waals surface area contributed by atoms with Crippen molar-refractivity contribution in [2.45, 2.75) is 18.6 Å². The van der Waals surface area contributed by atoms with Crippen molar-refractivity contribution in [3.05, 3.63) is 22.7 Å². The number of rotatable bonds is 5. The zero-order valence-corrected chi connectivity index (χ0v) is 16.0. The number of fused-ring (bicyclic) bond motifs is 1. The Kier molecular flexibility index (Phi) is 7.96. The van der Waals surface area contributed by atoms with E-state index in [1.54, 1.807) is 12.1 Å². The standard InChI is InChI=1S/C16H21ClN2O4S.ClH/c17-12-5-10(6-14-16(12)23-3-2-22-14)13(20)8-19-15(21)7-11-9-24-4-1-18-11;/h5-6,11,13,18,20H,1-4,7-9H2,(H,19,21);1H. The Morgan fingerprint density at radius 1 is 1.44 bits per heavy atom. The molecule has 1 aromatic rings. The van der Waals surface area contributed by atoms with Gasteiger partial charge in [-0.05, 0) is 17.7 Å². The largest absolute Gasteiger partial charge is 0.486 e. The number of aliphatic hydroxyl groups is 1. The fourth-order valence-electron chi connectivity index (χ4n) is 2.70. The van der Waals surface area contributed by atoms with Gasteiger partial charge in [-0.3, -0.25) is 4.79 Å². The van der Waals surface area contributed by atoms with Crippen LogP contribution in [0.25, 0.3) is 0 Å². The maximum absolute atomic E-state index is 12.0. The van der Waals surface area contributed by atoms with E-state index in [4.69, 9.17) is 21.1 Å². The average Bonchev–Trinajstić information content (AvgIpc) is 2.60. The van der Waals surface area contributed by atoms with Gasteiger partial charge < -0.3 is 25.2 Å². The van der Waals surface area contributed by atoms with Crippen LogP contribution in [0.4, 0.5) is 0 Å². The summed E-state index contributed by atoms with van der Waals surface area (Å²) < 4.78 is 11.0. The van der Waals surface area contributed by atoms with Crippen LogP contribution in [0, 0.1) is 0 Å². The average molecular weight is 409 g/mol. The van der Waals surface area contributed by atoms with Gasteiger partial charge in [-0.1, -0.05) is 11.6 Å². The van der Waals surface area contributed by atoms with E-state index < -0.39 is 6.10 Å². The van der Waals surface area contributed by atoms with Crippen molar-refractivity contribution in [3.63, 3.8) is 0 Å². The summed E-state index contributed by atoms with van der Waals surface area (Å²) in [6.45, 7) is 1.97. The molecule has 2 atom stereocenters. The monoisotopic (exact) mass is 408 g/mol. The number of aliphatic hydroxyl groups excluding tert-OH is 1. The van der Waals surface area contributed by atoms with E-state index in [-0.39, 0.29) is 30.9 Å². The minimum absolute atomic E-state index is 0. The normalized spacial score (nSPS) is 20.3. The first kappa shape index (κ1) is 20.5. The molecule has 140 valence electrons. The number of hydrogen-bond acceptors (Lipinski definition) is 6. The van der Waals surface area contributed by atoms with Gasteiger partial charge in [0.05, 0.1) is 11.1 Å². The quantitative estimate of drug-likeness (QED) is 0.688. The van der Waals surface area contributed by atoms with Crippen molar-refractivity contribution in [2.24, 2.45) is 0 Å². The van der Waals surface area contributed by atoms with Gasteiger partial charge in [0.25, 0.3) is 0 Å². The Balaban J connectivity index is 0.00000225. The summed E-state index contributed by atoms with van der Waals surface area (Å²) in [5.41, 5.74) is 0.593. The van der Waals surface area contributed by atoms with E-state index in [1.165, 1.54) is 0 Å². The Morgan fingerprint density at radius 3 is 3.00 bits per heavy atom. The number of benzene rings is 1. The van der Waals surface area contributed by atoms with Crippen molar-refractivity contribution in [2.75, 3.05) is 37.8 Å². The van der Waals surface area contributed by atoms with Crippen molar-refractivity contribution in [1.29, 1.82) is 0 Å². The SMILES string of the molecule is Cl.O=C(CC1CSCCN1)NCC(O)c1cc(Cl)c2c(c1)OCCO2. The molecular formula is C16H22Cl2N2O4S. The molecule has 0 aliphatic carbocycles. The zero-order chi connectivity index (χ0) is 16.9. The molecule has 2 aliphatic rings. The first-order chi connectivity index (χ1) is 11.6. The Morgan fingerprint density at radius 2 is 2.24 bits per heavy atom. The van der Waals surface area contributed by atoms with Crippen LogP contribution in [0.15, 0.2) is 12.1 Å². The summed E-state index contributed by atoms with van der Waals surface area (Å²) in [5.74, 6) is 2.98. The smallest absolute Gasteiger partial charge is 0.221 e. The van der Waals surface area contributed by atoms with Gasteiger partial charge in [-0.15, -0.1) is 12.4 Å². The lowest BCUT2D eigenvalue weighted by molar-refractivity contribution is -0.121. The number of amides is 1. The van der Waals surface area contributed by atoms with Gasteiger partial charge in [0.1, 0.15) is 13.2 Å². The zero-order valence-electron chi connectivity index (χ0n) is 13.6. The fraction of sp³-hybridized carbons (Fsp3) is 0.562.